The fourth-order valence-corrected chi connectivity index (χ4v) is 3.52. The Morgan fingerprint density at radius 3 is 2.57 bits per heavy atom. The standard InChI is InChI=1S/C14H23ClN2O3S/c1-4-6-7-17-21(18,19)13-9-12(15)8-11(10-16-5-2)14(13)20-3/h8-9,16-17H,4-7,10H2,1-3H3. The fraction of sp³-hybridized carbons (Fsp3) is 0.571. The number of halogens is 1. The number of nitrogens with one attached hydrogen (secondary N) is 2. The summed E-state index contributed by atoms with van der Waals surface area (Å²) in [6.07, 6.45) is 1.70. The van der Waals surface area contributed by atoms with Gasteiger partial charge in [-0.15, -0.1) is 0 Å². The van der Waals surface area contributed by atoms with Crippen molar-refractivity contribution < 1.29 is 13.2 Å². The molecule has 0 unspecified atom stereocenters. The summed E-state index contributed by atoms with van der Waals surface area (Å²) in [6, 6.07) is 3.14. The Morgan fingerprint density at radius 1 is 1.29 bits per heavy atom. The molecule has 0 amide bonds. The van der Waals surface area contributed by atoms with Crippen molar-refractivity contribution >= 4 is 21.6 Å². The number of sulfonamides is 1. The van der Waals surface area contributed by atoms with Gasteiger partial charge in [0.15, 0.2) is 0 Å². The summed E-state index contributed by atoms with van der Waals surface area (Å²) in [4.78, 5) is 0.0847. The highest BCUT2D eigenvalue weighted by Crippen LogP contribution is 2.31. The summed E-state index contributed by atoms with van der Waals surface area (Å²) in [6.45, 7) is 5.64. The molecule has 0 aliphatic rings. The molecule has 0 aliphatic carbocycles. The third kappa shape index (κ3) is 5.14. The van der Waals surface area contributed by atoms with E-state index in [0.29, 0.717) is 23.9 Å². The van der Waals surface area contributed by atoms with Crippen LogP contribution < -0.4 is 14.8 Å². The molecule has 5 nitrogen and oxygen atoms in total. The number of hydrogen-bond acceptors (Lipinski definition) is 4. The Kier molecular flexibility index (Phi) is 7.45. The first-order chi connectivity index (χ1) is 9.96. The van der Waals surface area contributed by atoms with E-state index in [1.807, 2.05) is 13.8 Å². The monoisotopic (exact) mass is 334 g/mol. The predicted octanol–water partition coefficient (Wildman–Crippen LogP) is 2.54. The minimum absolute atomic E-state index is 0.0847. The van der Waals surface area contributed by atoms with Crippen LogP contribution in [-0.2, 0) is 16.6 Å². The number of rotatable bonds is 9. The van der Waals surface area contributed by atoms with Crippen LogP contribution in [0, 0.1) is 0 Å². The van der Waals surface area contributed by atoms with Crippen LogP contribution in [0.2, 0.25) is 5.02 Å². The van der Waals surface area contributed by atoms with Gasteiger partial charge in [0, 0.05) is 23.7 Å². The van der Waals surface area contributed by atoms with Crippen molar-refractivity contribution in [2.24, 2.45) is 0 Å². The SMILES string of the molecule is CCCCNS(=O)(=O)c1cc(Cl)cc(CNCC)c1OC. The van der Waals surface area contributed by atoms with E-state index in [0.717, 1.165) is 24.9 Å². The Bertz CT molecular complexity index is 562. The van der Waals surface area contributed by atoms with Crippen molar-refractivity contribution in [3.8, 4) is 5.75 Å². The average molecular weight is 335 g/mol. The maximum absolute atomic E-state index is 12.4. The Labute approximate surface area is 132 Å². The molecule has 21 heavy (non-hydrogen) atoms. The number of methoxy groups -OCH3 is 1. The fourth-order valence-electron chi connectivity index (χ4n) is 1.91. The van der Waals surface area contributed by atoms with Crippen molar-refractivity contribution in [2.45, 2.75) is 38.1 Å². The lowest BCUT2D eigenvalue weighted by Crippen LogP contribution is -2.25. The van der Waals surface area contributed by atoms with Crippen LogP contribution >= 0.6 is 11.6 Å². The minimum Gasteiger partial charge on any atom is -0.495 e. The van der Waals surface area contributed by atoms with Crippen LogP contribution in [0.4, 0.5) is 0 Å². The van der Waals surface area contributed by atoms with E-state index in [1.165, 1.54) is 13.2 Å². The molecular weight excluding hydrogens is 312 g/mol. The molecule has 0 bridgehead atoms. The zero-order valence-corrected chi connectivity index (χ0v) is 14.3. The highest BCUT2D eigenvalue weighted by molar-refractivity contribution is 7.89. The van der Waals surface area contributed by atoms with E-state index in [-0.39, 0.29) is 4.90 Å². The van der Waals surface area contributed by atoms with Gasteiger partial charge in [-0.1, -0.05) is 31.9 Å². The third-order valence-corrected chi connectivity index (χ3v) is 4.66. The summed E-state index contributed by atoms with van der Waals surface area (Å²) in [5.74, 6) is 0.337. The second-order valence-electron chi connectivity index (χ2n) is 4.63. The normalized spacial score (nSPS) is 11.6. The maximum atomic E-state index is 12.4. The van der Waals surface area contributed by atoms with Gasteiger partial charge in [-0.3, -0.25) is 0 Å². The van der Waals surface area contributed by atoms with Gasteiger partial charge in [0.05, 0.1) is 7.11 Å². The number of unbranched alkanes of at least 4 members (excludes halogenated alkanes) is 1. The molecule has 7 heteroatoms. The highest BCUT2D eigenvalue weighted by Gasteiger charge is 2.22. The summed E-state index contributed by atoms with van der Waals surface area (Å²) >= 11 is 6.05. The lowest BCUT2D eigenvalue weighted by atomic mass is 10.2. The van der Waals surface area contributed by atoms with E-state index in [9.17, 15) is 8.42 Å². The molecule has 0 spiro atoms. The molecule has 0 fully saturated rings. The lowest BCUT2D eigenvalue weighted by molar-refractivity contribution is 0.395. The maximum Gasteiger partial charge on any atom is 0.244 e. The molecule has 0 heterocycles. The second-order valence-corrected chi connectivity index (χ2v) is 6.80. The summed E-state index contributed by atoms with van der Waals surface area (Å²) in [7, 11) is -2.17. The summed E-state index contributed by atoms with van der Waals surface area (Å²) in [5.41, 5.74) is 0.725. The molecular formula is C14H23ClN2O3S. The van der Waals surface area contributed by atoms with Gasteiger partial charge in [0.1, 0.15) is 10.6 Å². The quantitative estimate of drug-likeness (QED) is 0.681. The molecule has 1 rings (SSSR count). The van der Waals surface area contributed by atoms with Crippen molar-refractivity contribution in [1.29, 1.82) is 0 Å². The van der Waals surface area contributed by atoms with Crippen LogP contribution in [-0.4, -0.2) is 28.6 Å². The first-order valence-corrected chi connectivity index (χ1v) is 8.89. The largest absolute Gasteiger partial charge is 0.495 e. The highest BCUT2D eigenvalue weighted by atomic mass is 35.5. The van der Waals surface area contributed by atoms with Crippen LogP contribution in [0.5, 0.6) is 5.75 Å². The number of ether oxygens (including phenoxy) is 1. The first kappa shape index (κ1) is 18.2. The smallest absolute Gasteiger partial charge is 0.244 e. The number of hydrogen-bond donors (Lipinski definition) is 2. The van der Waals surface area contributed by atoms with E-state index < -0.39 is 10.0 Å². The van der Waals surface area contributed by atoms with E-state index in [2.05, 4.69) is 10.0 Å². The van der Waals surface area contributed by atoms with Gasteiger partial charge in [-0.2, -0.15) is 0 Å². The van der Waals surface area contributed by atoms with Gasteiger partial charge in [-0.25, -0.2) is 13.1 Å². The molecule has 2 N–H and O–H groups in total. The summed E-state index contributed by atoms with van der Waals surface area (Å²) in [5, 5.41) is 3.52. The van der Waals surface area contributed by atoms with Gasteiger partial charge in [0.2, 0.25) is 10.0 Å². The topological polar surface area (TPSA) is 67.4 Å². The average Bonchev–Trinajstić information content (AvgIpc) is 2.44. The lowest BCUT2D eigenvalue weighted by Gasteiger charge is -2.15. The first-order valence-electron chi connectivity index (χ1n) is 7.03. The molecule has 0 aromatic heterocycles. The third-order valence-electron chi connectivity index (χ3n) is 2.98. The Morgan fingerprint density at radius 2 is 2.00 bits per heavy atom. The van der Waals surface area contributed by atoms with E-state index in [4.69, 9.17) is 16.3 Å². The molecule has 0 atom stereocenters. The van der Waals surface area contributed by atoms with Crippen molar-refractivity contribution in [1.82, 2.24) is 10.0 Å². The molecule has 0 aliphatic heterocycles. The van der Waals surface area contributed by atoms with Gasteiger partial charge in [0.25, 0.3) is 0 Å². The van der Waals surface area contributed by atoms with Crippen molar-refractivity contribution in [2.75, 3.05) is 20.2 Å². The molecule has 120 valence electrons. The molecule has 0 radical (unpaired) electrons. The molecule has 1 aromatic rings. The Balaban J connectivity index is 3.18. The number of benzene rings is 1. The molecule has 0 saturated carbocycles. The van der Waals surface area contributed by atoms with Crippen molar-refractivity contribution in [3.05, 3.63) is 22.7 Å². The second kappa shape index (κ2) is 8.58. The van der Waals surface area contributed by atoms with Crippen LogP contribution in [0.1, 0.15) is 32.3 Å². The predicted molar refractivity (Wildman–Crippen MR) is 85.5 cm³/mol. The van der Waals surface area contributed by atoms with Crippen LogP contribution in [0.15, 0.2) is 17.0 Å². The zero-order chi connectivity index (χ0) is 15.9. The van der Waals surface area contributed by atoms with Crippen molar-refractivity contribution in [3.63, 3.8) is 0 Å². The summed E-state index contributed by atoms with van der Waals surface area (Å²) < 4.78 is 32.7. The van der Waals surface area contributed by atoms with Gasteiger partial charge >= 0.3 is 0 Å². The van der Waals surface area contributed by atoms with Gasteiger partial charge < -0.3 is 10.1 Å². The van der Waals surface area contributed by atoms with Gasteiger partial charge in [-0.05, 0) is 25.1 Å². The molecule has 1 aromatic carbocycles. The molecule has 0 saturated heterocycles. The van der Waals surface area contributed by atoms with E-state index >= 15 is 0 Å². The van der Waals surface area contributed by atoms with E-state index in [1.54, 1.807) is 6.07 Å². The zero-order valence-electron chi connectivity index (χ0n) is 12.7. The Hall–Kier alpha value is -0.820. The van der Waals surface area contributed by atoms with Crippen LogP contribution in [0.25, 0.3) is 0 Å². The van der Waals surface area contributed by atoms with Crippen LogP contribution in [0.3, 0.4) is 0 Å². The minimum atomic E-state index is -3.63.